The summed E-state index contributed by atoms with van der Waals surface area (Å²) in [5, 5.41) is 0. The molecule has 40 heavy (non-hydrogen) atoms. The molecule has 208 valence electrons. The summed E-state index contributed by atoms with van der Waals surface area (Å²) in [5.41, 5.74) is 1.90. The summed E-state index contributed by atoms with van der Waals surface area (Å²) in [6.07, 6.45) is 4.04. The number of piperazine rings is 1. The molecule has 1 aromatic carbocycles. The average molecular weight is 580 g/mol. The summed E-state index contributed by atoms with van der Waals surface area (Å²) in [5.74, 6) is 1.96. The zero-order chi connectivity index (χ0) is 27.6. The number of thioether (sulfide) groups is 1. The molecule has 0 bridgehead atoms. The number of pyridine rings is 1. The van der Waals surface area contributed by atoms with Gasteiger partial charge >= 0.3 is 0 Å². The van der Waals surface area contributed by atoms with Crippen LogP contribution in [-0.4, -0.2) is 82.6 Å². The van der Waals surface area contributed by atoms with Gasteiger partial charge in [-0.05, 0) is 42.3 Å². The average Bonchev–Trinajstić information content (AvgIpc) is 3.54. The van der Waals surface area contributed by atoms with E-state index in [1.807, 2.05) is 24.3 Å². The van der Waals surface area contributed by atoms with E-state index in [1.165, 1.54) is 16.2 Å². The summed E-state index contributed by atoms with van der Waals surface area (Å²) in [7, 11) is 1.63. The molecule has 12 heteroatoms. The van der Waals surface area contributed by atoms with Crippen molar-refractivity contribution >= 4 is 51.7 Å². The van der Waals surface area contributed by atoms with E-state index >= 15 is 0 Å². The molecule has 2 aromatic heterocycles. The van der Waals surface area contributed by atoms with Crippen molar-refractivity contribution < 1.29 is 19.0 Å². The van der Waals surface area contributed by atoms with Crippen LogP contribution in [0.25, 0.3) is 11.7 Å². The van der Waals surface area contributed by atoms with E-state index in [9.17, 15) is 9.59 Å². The van der Waals surface area contributed by atoms with Crippen molar-refractivity contribution in [3.8, 4) is 11.5 Å². The van der Waals surface area contributed by atoms with Crippen LogP contribution in [0.2, 0.25) is 0 Å². The lowest BCUT2D eigenvalue weighted by molar-refractivity contribution is -0.122. The Bertz CT molecular complexity index is 1550. The molecule has 10 nitrogen and oxygen atoms in total. The van der Waals surface area contributed by atoms with Crippen LogP contribution in [0.3, 0.4) is 0 Å². The van der Waals surface area contributed by atoms with Gasteiger partial charge in [-0.2, -0.15) is 0 Å². The van der Waals surface area contributed by atoms with E-state index in [4.69, 9.17) is 31.4 Å². The Balaban J connectivity index is 1.25. The number of hydrogen-bond acceptors (Lipinski definition) is 10. The Hall–Kier alpha value is -3.45. The molecule has 1 amide bonds. The Labute approximate surface area is 241 Å². The smallest absolute Gasteiger partial charge is 0.267 e. The fourth-order valence-electron chi connectivity index (χ4n) is 5.06. The lowest BCUT2D eigenvalue weighted by Gasteiger charge is -2.36. The zero-order valence-electron chi connectivity index (χ0n) is 22.1. The molecular weight excluding hydrogens is 550 g/mol. The molecule has 6 rings (SSSR count). The molecule has 3 aliphatic heterocycles. The molecule has 5 heterocycles. The lowest BCUT2D eigenvalue weighted by Crippen LogP contribution is -2.47. The van der Waals surface area contributed by atoms with Crippen LogP contribution in [0, 0.1) is 0 Å². The van der Waals surface area contributed by atoms with Gasteiger partial charge in [0.25, 0.3) is 11.5 Å². The number of carbonyl (C=O) groups excluding carboxylic acids is 1. The molecule has 0 unspecified atom stereocenters. The van der Waals surface area contributed by atoms with Crippen LogP contribution in [0.1, 0.15) is 17.5 Å². The molecular formula is C28H29N5O5S2. The highest BCUT2D eigenvalue weighted by molar-refractivity contribution is 8.26. The SMILES string of the molecule is COCCCN1C(=O)/C(=C/c2c(N3CCN(Cc4ccc5c(c4)OCO5)CC3)nc3ccccn3c2=O)SC1=S. The topological polar surface area (TPSA) is 88.8 Å². The van der Waals surface area contributed by atoms with Crippen molar-refractivity contribution in [1.29, 1.82) is 0 Å². The lowest BCUT2D eigenvalue weighted by atomic mass is 10.1. The first kappa shape index (κ1) is 26.8. The molecule has 0 spiro atoms. The van der Waals surface area contributed by atoms with Gasteiger partial charge in [-0.3, -0.25) is 23.8 Å². The van der Waals surface area contributed by atoms with Crippen molar-refractivity contribution in [2.45, 2.75) is 13.0 Å². The minimum atomic E-state index is -0.215. The summed E-state index contributed by atoms with van der Waals surface area (Å²) >= 11 is 6.70. The van der Waals surface area contributed by atoms with Gasteiger partial charge in [-0.25, -0.2) is 4.98 Å². The van der Waals surface area contributed by atoms with Gasteiger partial charge in [0.2, 0.25) is 6.79 Å². The third-order valence-corrected chi connectivity index (χ3v) is 8.52. The van der Waals surface area contributed by atoms with E-state index in [1.54, 1.807) is 30.3 Å². The van der Waals surface area contributed by atoms with Crippen molar-refractivity contribution in [2.75, 3.05) is 58.1 Å². The first-order valence-electron chi connectivity index (χ1n) is 13.1. The Morgan fingerprint density at radius 3 is 2.75 bits per heavy atom. The predicted octanol–water partition coefficient (Wildman–Crippen LogP) is 2.98. The second-order valence-corrected chi connectivity index (χ2v) is 11.4. The van der Waals surface area contributed by atoms with Gasteiger partial charge in [0.15, 0.2) is 11.5 Å². The van der Waals surface area contributed by atoms with Crippen molar-refractivity contribution in [3.05, 3.63) is 69.0 Å². The van der Waals surface area contributed by atoms with Crippen LogP contribution < -0.4 is 19.9 Å². The molecule has 3 aromatic rings. The summed E-state index contributed by atoms with van der Waals surface area (Å²) in [6.45, 7) is 5.04. The van der Waals surface area contributed by atoms with E-state index in [0.29, 0.717) is 58.9 Å². The van der Waals surface area contributed by atoms with Crippen molar-refractivity contribution in [1.82, 2.24) is 19.2 Å². The van der Waals surface area contributed by atoms with Crippen LogP contribution in [0.4, 0.5) is 5.82 Å². The number of carbonyl (C=O) groups is 1. The molecule has 0 N–H and O–H groups in total. The quantitative estimate of drug-likeness (QED) is 0.226. The van der Waals surface area contributed by atoms with Gasteiger partial charge in [0.1, 0.15) is 15.8 Å². The van der Waals surface area contributed by atoms with Crippen LogP contribution >= 0.6 is 24.0 Å². The standard InChI is InChI=1S/C28H29N5O5S2/c1-36-14-4-9-33-27(35)23(40-28(33)39)16-20-25(29-24-5-2-3-8-32(24)26(20)34)31-12-10-30(11-13-31)17-19-6-7-21-22(15-19)38-18-37-21/h2-3,5-8,15-16H,4,9-14,17-18H2,1H3/b23-16-. The number of aromatic nitrogens is 2. The molecule has 0 saturated carbocycles. The zero-order valence-corrected chi connectivity index (χ0v) is 23.7. The van der Waals surface area contributed by atoms with E-state index in [2.05, 4.69) is 15.9 Å². The van der Waals surface area contributed by atoms with Crippen molar-refractivity contribution in [3.63, 3.8) is 0 Å². The summed E-state index contributed by atoms with van der Waals surface area (Å²) in [6, 6.07) is 11.5. The molecule has 3 aliphatic rings. The molecule has 0 aliphatic carbocycles. The number of fused-ring (bicyclic) bond motifs is 2. The first-order chi connectivity index (χ1) is 19.5. The van der Waals surface area contributed by atoms with Gasteiger partial charge in [0, 0.05) is 59.2 Å². The van der Waals surface area contributed by atoms with Gasteiger partial charge in [-0.1, -0.05) is 36.1 Å². The second kappa shape index (κ2) is 11.6. The monoisotopic (exact) mass is 579 g/mol. The van der Waals surface area contributed by atoms with Gasteiger partial charge < -0.3 is 19.1 Å². The fourth-order valence-corrected chi connectivity index (χ4v) is 6.35. The normalized spacial score (nSPS) is 18.5. The molecule has 0 radical (unpaired) electrons. The van der Waals surface area contributed by atoms with Crippen molar-refractivity contribution in [2.24, 2.45) is 0 Å². The minimum Gasteiger partial charge on any atom is -0.454 e. The largest absolute Gasteiger partial charge is 0.454 e. The maximum absolute atomic E-state index is 13.7. The predicted molar refractivity (Wildman–Crippen MR) is 158 cm³/mol. The Kier molecular flexibility index (Phi) is 7.74. The van der Waals surface area contributed by atoms with E-state index in [-0.39, 0.29) is 18.3 Å². The number of ether oxygens (including phenoxy) is 3. The van der Waals surface area contributed by atoms with Crippen LogP contribution in [-0.2, 0) is 16.1 Å². The fraction of sp³-hybridized carbons (Fsp3) is 0.357. The van der Waals surface area contributed by atoms with E-state index < -0.39 is 0 Å². The number of hydrogen-bond donors (Lipinski definition) is 0. The summed E-state index contributed by atoms with van der Waals surface area (Å²) < 4.78 is 18.1. The second-order valence-electron chi connectivity index (χ2n) is 9.71. The maximum Gasteiger partial charge on any atom is 0.267 e. The third-order valence-electron chi connectivity index (χ3n) is 7.14. The number of thiocarbonyl (C=S) groups is 1. The third kappa shape index (κ3) is 5.31. The highest BCUT2D eigenvalue weighted by Gasteiger charge is 2.33. The van der Waals surface area contributed by atoms with Gasteiger partial charge in [0.05, 0.1) is 10.5 Å². The highest BCUT2D eigenvalue weighted by atomic mass is 32.2. The number of anilines is 1. The first-order valence-corrected chi connectivity index (χ1v) is 14.4. The number of nitrogens with zero attached hydrogens (tertiary/aromatic N) is 5. The Morgan fingerprint density at radius 1 is 1.10 bits per heavy atom. The van der Waals surface area contributed by atoms with Gasteiger partial charge in [-0.15, -0.1) is 0 Å². The highest BCUT2D eigenvalue weighted by Crippen LogP contribution is 2.35. The number of amides is 1. The maximum atomic E-state index is 13.7. The number of methoxy groups -OCH3 is 1. The van der Waals surface area contributed by atoms with Crippen LogP contribution in [0.5, 0.6) is 11.5 Å². The Morgan fingerprint density at radius 2 is 1.93 bits per heavy atom. The molecule has 2 fully saturated rings. The minimum absolute atomic E-state index is 0.192. The van der Waals surface area contributed by atoms with E-state index in [0.717, 1.165) is 36.7 Å². The number of rotatable bonds is 8. The van der Waals surface area contributed by atoms with Crippen LogP contribution in [0.15, 0.2) is 52.3 Å². The molecule has 0 atom stereocenters. The molecule has 2 saturated heterocycles. The summed E-state index contributed by atoms with van der Waals surface area (Å²) in [4.78, 5) is 38.3. The number of benzene rings is 1.